The van der Waals surface area contributed by atoms with E-state index in [-0.39, 0.29) is 22.9 Å². The van der Waals surface area contributed by atoms with Gasteiger partial charge in [0.2, 0.25) is 5.88 Å². The van der Waals surface area contributed by atoms with Gasteiger partial charge in [-0.3, -0.25) is 9.59 Å². The molecular formula is C10H10N2O4. The van der Waals surface area contributed by atoms with E-state index in [1.54, 1.807) is 0 Å². The SMILES string of the molecule is O=C1CCCC(O)=C1c1nc(O)cc(=O)[nH]1. The summed E-state index contributed by atoms with van der Waals surface area (Å²) in [5.74, 6) is -0.924. The van der Waals surface area contributed by atoms with Crippen molar-refractivity contribution in [1.29, 1.82) is 0 Å². The van der Waals surface area contributed by atoms with E-state index < -0.39 is 11.4 Å². The Kier molecular flexibility index (Phi) is 2.47. The van der Waals surface area contributed by atoms with Gasteiger partial charge in [-0.25, -0.2) is 0 Å². The quantitative estimate of drug-likeness (QED) is 0.641. The van der Waals surface area contributed by atoms with Gasteiger partial charge in [-0.2, -0.15) is 4.98 Å². The Hall–Kier alpha value is -2.11. The Morgan fingerprint density at radius 3 is 2.62 bits per heavy atom. The fourth-order valence-corrected chi connectivity index (χ4v) is 1.66. The molecule has 0 aliphatic heterocycles. The van der Waals surface area contributed by atoms with Gasteiger partial charge in [0.05, 0.1) is 11.6 Å². The predicted octanol–water partition coefficient (Wildman–Crippen LogP) is 0.498. The van der Waals surface area contributed by atoms with Crippen LogP contribution in [-0.4, -0.2) is 26.0 Å². The molecule has 0 spiro atoms. The molecule has 0 amide bonds. The van der Waals surface area contributed by atoms with Crippen LogP contribution in [0.5, 0.6) is 5.88 Å². The van der Waals surface area contributed by atoms with Gasteiger partial charge in [-0.05, 0) is 6.42 Å². The van der Waals surface area contributed by atoms with E-state index in [2.05, 4.69) is 9.97 Å². The highest BCUT2D eigenvalue weighted by Crippen LogP contribution is 2.26. The number of carbonyl (C=O) groups is 1. The summed E-state index contributed by atoms with van der Waals surface area (Å²) in [6.45, 7) is 0. The van der Waals surface area contributed by atoms with Gasteiger partial charge in [0.15, 0.2) is 11.6 Å². The minimum atomic E-state index is -0.568. The monoisotopic (exact) mass is 222 g/mol. The molecule has 0 fully saturated rings. The second-order valence-electron chi connectivity index (χ2n) is 3.55. The topological polar surface area (TPSA) is 103 Å². The van der Waals surface area contributed by atoms with Crippen LogP contribution in [0.15, 0.2) is 16.6 Å². The Bertz CT molecular complexity index is 530. The molecule has 3 N–H and O–H groups in total. The van der Waals surface area contributed by atoms with Crippen LogP contribution in [0.3, 0.4) is 0 Å². The van der Waals surface area contributed by atoms with Crippen molar-refractivity contribution in [3.63, 3.8) is 0 Å². The lowest BCUT2D eigenvalue weighted by Crippen LogP contribution is -2.17. The number of nitrogens with zero attached hydrogens (tertiary/aromatic N) is 1. The van der Waals surface area contributed by atoms with E-state index in [9.17, 15) is 14.7 Å². The molecule has 0 bridgehead atoms. The largest absolute Gasteiger partial charge is 0.511 e. The van der Waals surface area contributed by atoms with Crippen molar-refractivity contribution in [2.24, 2.45) is 0 Å². The van der Waals surface area contributed by atoms with Gasteiger partial charge in [-0.1, -0.05) is 0 Å². The minimum Gasteiger partial charge on any atom is -0.511 e. The third-order valence-electron chi connectivity index (χ3n) is 2.35. The number of hydrogen-bond acceptors (Lipinski definition) is 5. The van der Waals surface area contributed by atoms with Crippen molar-refractivity contribution >= 4 is 11.4 Å². The van der Waals surface area contributed by atoms with Crippen molar-refractivity contribution < 1.29 is 15.0 Å². The Morgan fingerprint density at radius 2 is 2.00 bits per heavy atom. The third-order valence-corrected chi connectivity index (χ3v) is 2.35. The highest BCUT2D eigenvalue weighted by atomic mass is 16.3. The molecule has 1 heterocycles. The highest BCUT2D eigenvalue weighted by Gasteiger charge is 2.23. The predicted molar refractivity (Wildman–Crippen MR) is 54.9 cm³/mol. The summed E-state index contributed by atoms with van der Waals surface area (Å²) in [7, 11) is 0. The molecule has 0 saturated carbocycles. The van der Waals surface area contributed by atoms with E-state index >= 15 is 0 Å². The van der Waals surface area contributed by atoms with E-state index in [0.717, 1.165) is 6.07 Å². The van der Waals surface area contributed by atoms with Crippen LogP contribution >= 0.6 is 0 Å². The molecule has 0 aromatic carbocycles. The minimum absolute atomic E-state index is 0.000694. The fraction of sp³-hybridized carbons (Fsp3) is 0.300. The van der Waals surface area contributed by atoms with Crippen molar-refractivity contribution in [3.8, 4) is 5.88 Å². The zero-order chi connectivity index (χ0) is 11.7. The van der Waals surface area contributed by atoms with E-state index in [1.165, 1.54) is 0 Å². The van der Waals surface area contributed by atoms with E-state index in [1.807, 2.05) is 0 Å². The normalized spacial score (nSPS) is 16.6. The smallest absolute Gasteiger partial charge is 0.254 e. The van der Waals surface area contributed by atoms with Gasteiger partial charge >= 0.3 is 0 Å². The zero-order valence-electron chi connectivity index (χ0n) is 8.36. The lowest BCUT2D eigenvalue weighted by atomic mass is 9.96. The van der Waals surface area contributed by atoms with Crippen LogP contribution in [0.4, 0.5) is 0 Å². The molecule has 16 heavy (non-hydrogen) atoms. The van der Waals surface area contributed by atoms with Gasteiger partial charge in [-0.15, -0.1) is 0 Å². The van der Waals surface area contributed by atoms with Crippen molar-refractivity contribution in [2.75, 3.05) is 0 Å². The first-order valence-electron chi connectivity index (χ1n) is 4.84. The van der Waals surface area contributed by atoms with Gasteiger partial charge in [0.1, 0.15) is 5.76 Å². The maximum atomic E-state index is 11.6. The summed E-state index contributed by atoms with van der Waals surface area (Å²) in [4.78, 5) is 28.6. The summed E-state index contributed by atoms with van der Waals surface area (Å²) in [6, 6.07) is 0.897. The average molecular weight is 222 g/mol. The van der Waals surface area contributed by atoms with Crippen LogP contribution in [0.1, 0.15) is 25.1 Å². The number of carbonyl (C=O) groups excluding carboxylic acids is 1. The zero-order valence-corrected chi connectivity index (χ0v) is 8.36. The third kappa shape index (κ3) is 1.81. The first-order chi connectivity index (χ1) is 7.58. The number of allylic oxidation sites excluding steroid dienone is 2. The molecule has 84 valence electrons. The van der Waals surface area contributed by atoms with Gasteiger partial charge in [0.25, 0.3) is 5.56 Å². The molecule has 0 saturated heterocycles. The number of aromatic amines is 1. The van der Waals surface area contributed by atoms with Crippen LogP contribution in [0, 0.1) is 0 Å². The number of aliphatic hydroxyl groups is 1. The summed E-state index contributed by atoms with van der Waals surface area (Å²) < 4.78 is 0. The lowest BCUT2D eigenvalue weighted by molar-refractivity contribution is -0.114. The second kappa shape index (κ2) is 3.80. The van der Waals surface area contributed by atoms with Crippen LogP contribution in [-0.2, 0) is 4.79 Å². The number of H-pyrrole nitrogens is 1. The molecule has 1 aromatic rings. The summed E-state index contributed by atoms with van der Waals surface area (Å²) in [5.41, 5.74) is -0.569. The first-order valence-corrected chi connectivity index (χ1v) is 4.84. The first kappa shape index (κ1) is 10.4. The fourth-order valence-electron chi connectivity index (χ4n) is 1.66. The molecule has 1 aromatic heterocycles. The number of aliphatic hydroxyl groups excluding tert-OH is 1. The molecule has 6 nitrogen and oxygen atoms in total. The molecule has 0 radical (unpaired) electrons. The number of aromatic nitrogens is 2. The van der Waals surface area contributed by atoms with Crippen molar-refractivity contribution in [3.05, 3.63) is 28.0 Å². The molecule has 2 rings (SSSR count). The Balaban J connectivity index is 2.58. The lowest BCUT2D eigenvalue weighted by Gasteiger charge is -2.13. The summed E-state index contributed by atoms with van der Waals surface area (Å²) >= 11 is 0. The van der Waals surface area contributed by atoms with Crippen LogP contribution in [0.25, 0.3) is 5.57 Å². The molecular weight excluding hydrogens is 212 g/mol. The maximum absolute atomic E-state index is 11.6. The average Bonchev–Trinajstić information content (AvgIpc) is 2.15. The number of hydrogen-bond donors (Lipinski definition) is 3. The maximum Gasteiger partial charge on any atom is 0.254 e. The van der Waals surface area contributed by atoms with Crippen molar-refractivity contribution in [2.45, 2.75) is 19.3 Å². The molecule has 1 aliphatic carbocycles. The van der Waals surface area contributed by atoms with Crippen LogP contribution in [0.2, 0.25) is 0 Å². The van der Waals surface area contributed by atoms with Gasteiger partial charge in [0, 0.05) is 12.8 Å². The number of nitrogens with one attached hydrogen (secondary N) is 1. The molecule has 1 aliphatic rings. The van der Waals surface area contributed by atoms with Crippen molar-refractivity contribution in [1.82, 2.24) is 9.97 Å². The molecule has 0 atom stereocenters. The highest BCUT2D eigenvalue weighted by molar-refractivity contribution is 6.20. The standard InChI is InChI=1S/C10H10N2O4/c13-5-2-1-3-6(14)9(5)10-11-7(15)4-8(16)12-10/h4,13H,1-3H2,(H2,11,12,15,16). The Labute approximate surface area is 90.3 Å². The molecule has 0 unspecified atom stereocenters. The van der Waals surface area contributed by atoms with E-state index in [4.69, 9.17) is 5.11 Å². The number of ketones is 1. The van der Waals surface area contributed by atoms with Gasteiger partial charge < -0.3 is 15.2 Å². The number of Topliss-reactive ketones (excluding diaryl/α,β-unsaturated/α-hetero) is 1. The molecule has 6 heteroatoms. The number of aromatic hydroxyl groups is 1. The van der Waals surface area contributed by atoms with Crippen LogP contribution < -0.4 is 5.56 Å². The Morgan fingerprint density at radius 1 is 1.25 bits per heavy atom. The van der Waals surface area contributed by atoms with E-state index in [0.29, 0.717) is 19.3 Å². The second-order valence-corrected chi connectivity index (χ2v) is 3.55. The summed E-state index contributed by atoms with van der Waals surface area (Å²) in [6.07, 6.45) is 1.26. The summed E-state index contributed by atoms with van der Waals surface area (Å²) in [5, 5.41) is 18.7. The number of rotatable bonds is 1.